The van der Waals surface area contributed by atoms with Gasteiger partial charge in [-0.05, 0) is 30.5 Å². The Bertz CT molecular complexity index is 273. The van der Waals surface area contributed by atoms with E-state index in [0.29, 0.717) is 6.42 Å². The van der Waals surface area contributed by atoms with Crippen LogP contribution in [0.15, 0.2) is 24.3 Å². The van der Waals surface area contributed by atoms with Gasteiger partial charge in [0.15, 0.2) is 0 Å². The highest BCUT2D eigenvalue weighted by atomic mass is 35.5. The van der Waals surface area contributed by atoms with Crippen LogP contribution in [-0.4, -0.2) is 11.2 Å². The molecule has 1 aromatic rings. The van der Waals surface area contributed by atoms with E-state index in [1.54, 1.807) is 0 Å². The van der Waals surface area contributed by atoms with Crippen molar-refractivity contribution in [3.05, 3.63) is 34.9 Å². The van der Waals surface area contributed by atoms with Crippen molar-refractivity contribution in [2.45, 2.75) is 38.7 Å². The molecule has 2 heteroatoms. The number of hydrogen-bond donors (Lipinski definition) is 1. The normalized spacial score (nSPS) is 12.8. The van der Waals surface area contributed by atoms with Crippen molar-refractivity contribution in [3.63, 3.8) is 0 Å². The first-order valence-corrected chi connectivity index (χ1v) is 5.52. The summed E-state index contributed by atoms with van der Waals surface area (Å²) in [4.78, 5) is 0. The van der Waals surface area contributed by atoms with E-state index in [1.807, 2.05) is 24.3 Å². The topological polar surface area (TPSA) is 20.2 Å². The van der Waals surface area contributed by atoms with Crippen LogP contribution >= 0.6 is 11.6 Å². The molecule has 0 aliphatic rings. The van der Waals surface area contributed by atoms with E-state index in [1.165, 1.54) is 0 Å². The van der Waals surface area contributed by atoms with Gasteiger partial charge in [0.2, 0.25) is 0 Å². The van der Waals surface area contributed by atoms with Gasteiger partial charge in [-0.2, -0.15) is 0 Å². The van der Waals surface area contributed by atoms with Crippen LogP contribution in [0.1, 0.15) is 31.7 Å². The summed E-state index contributed by atoms with van der Waals surface area (Å²) in [5.41, 5.74) is 1.11. The van der Waals surface area contributed by atoms with Gasteiger partial charge < -0.3 is 5.11 Å². The molecule has 0 aliphatic heterocycles. The number of halogens is 1. The summed E-state index contributed by atoms with van der Waals surface area (Å²) in [6.07, 6.45) is 3.58. The van der Waals surface area contributed by atoms with E-state index >= 15 is 0 Å². The van der Waals surface area contributed by atoms with Crippen LogP contribution in [0.2, 0.25) is 5.02 Å². The number of hydrogen-bond acceptors (Lipinski definition) is 1. The fraction of sp³-hybridized carbons (Fsp3) is 0.500. The van der Waals surface area contributed by atoms with Gasteiger partial charge >= 0.3 is 0 Å². The number of benzene rings is 1. The molecule has 0 saturated carbocycles. The summed E-state index contributed by atoms with van der Waals surface area (Å²) in [5, 5.41) is 10.4. The SMILES string of the molecule is CCCCC(O)Cc1cccc(Cl)c1. The second kappa shape index (κ2) is 6.05. The predicted octanol–water partition coefficient (Wildman–Crippen LogP) is 3.43. The number of unbranched alkanes of at least 4 members (excludes halogenated alkanes) is 1. The van der Waals surface area contributed by atoms with Crippen LogP contribution in [0.25, 0.3) is 0 Å². The Hall–Kier alpha value is -0.530. The Morgan fingerprint density at radius 3 is 2.86 bits per heavy atom. The highest BCUT2D eigenvalue weighted by molar-refractivity contribution is 6.30. The first kappa shape index (κ1) is 11.5. The van der Waals surface area contributed by atoms with Gasteiger partial charge in [-0.15, -0.1) is 0 Å². The molecule has 1 nitrogen and oxygen atoms in total. The number of aliphatic hydroxyl groups is 1. The van der Waals surface area contributed by atoms with Crippen molar-refractivity contribution in [2.24, 2.45) is 0 Å². The van der Waals surface area contributed by atoms with E-state index in [-0.39, 0.29) is 6.10 Å². The van der Waals surface area contributed by atoms with E-state index < -0.39 is 0 Å². The van der Waals surface area contributed by atoms with Crippen LogP contribution in [0.4, 0.5) is 0 Å². The summed E-state index contributed by atoms with van der Waals surface area (Å²) in [6, 6.07) is 7.69. The Kier molecular flexibility index (Phi) is 4.99. The van der Waals surface area contributed by atoms with E-state index in [4.69, 9.17) is 11.6 Å². The van der Waals surface area contributed by atoms with Crippen molar-refractivity contribution in [1.82, 2.24) is 0 Å². The zero-order valence-electron chi connectivity index (χ0n) is 8.54. The molecule has 0 aliphatic carbocycles. The molecular formula is C12H17ClO. The van der Waals surface area contributed by atoms with Gasteiger partial charge in [0.05, 0.1) is 6.10 Å². The van der Waals surface area contributed by atoms with Crippen molar-refractivity contribution in [3.8, 4) is 0 Å². The highest BCUT2D eigenvalue weighted by Gasteiger charge is 2.04. The lowest BCUT2D eigenvalue weighted by Gasteiger charge is -2.09. The minimum Gasteiger partial charge on any atom is -0.393 e. The molecule has 0 amide bonds. The van der Waals surface area contributed by atoms with Crippen LogP contribution in [0, 0.1) is 0 Å². The molecule has 0 fully saturated rings. The Morgan fingerprint density at radius 2 is 2.21 bits per heavy atom. The van der Waals surface area contributed by atoms with E-state index in [2.05, 4.69) is 6.92 Å². The van der Waals surface area contributed by atoms with E-state index in [0.717, 1.165) is 29.8 Å². The Morgan fingerprint density at radius 1 is 1.43 bits per heavy atom. The second-order valence-corrected chi connectivity index (χ2v) is 4.07. The van der Waals surface area contributed by atoms with Crippen molar-refractivity contribution >= 4 is 11.6 Å². The maximum Gasteiger partial charge on any atom is 0.0580 e. The minimum absolute atomic E-state index is 0.228. The molecule has 14 heavy (non-hydrogen) atoms. The van der Waals surface area contributed by atoms with Crippen LogP contribution in [-0.2, 0) is 6.42 Å². The quantitative estimate of drug-likeness (QED) is 0.793. The van der Waals surface area contributed by atoms with Crippen LogP contribution in [0.3, 0.4) is 0 Å². The second-order valence-electron chi connectivity index (χ2n) is 3.63. The maximum absolute atomic E-state index is 9.68. The average Bonchev–Trinajstić information content (AvgIpc) is 2.15. The molecule has 0 saturated heterocycles. The number of rotatable bonds is 5. The fourth-order valence-electron chi connectivity index (χ4n) is 1.48. The molecule has 1 rings (SSSR count). The lowest BCUT2D eigenvalue weighted by atomic mass is 10.0. The first-order chi connectivity index (χ1) is 6.72. The highest BCUT2D eigenvalue weighted by Crippen LogP contribution is 2.14. The lowest BCUT2D eigenvalue weighted by Crippen LogP contribution is -2.09. The third-order valence-electron chi connectivity index (χ3n) is 2.25. The summed E-state index contributed by atoms with van der Waals surface area (Å²) in [6.45, 7) is 2.13. The molecule has 1 atom stereocenters. The smallest absolute Gasteiger partial charge is 0.0580 e. The van der Waals surface area contributed by atoms with Gasteiger partial charge in [-0.25, -0.2) is 0 Å². The average molecular weight is 213 g/mol. The lowest BCUT2D eigenvalue weighted by molar-refractivity contribution is 0.162. The first-order valence-electron chi connectivity index (χ1n) is 5.15. The van der Waals surface area contributed by atoms with Gasteiger partial charge in [0.1, 0.15) is 0 Å². The fourth-order valence-corrected chi connectivity index (χ4v) is 1.69. The number of aliphatic hydroxyl groups excluding tert-OH is 1. The van der Waals surface area contributed by atoms with Crippen molar-refractivity contribution in [1.29, 1.82) is 0 Å². The van der Waals surface area contributed by atoms with Crippen LogP contribution < -0.4 is 0 Å². The van der Waals surface area contributed by atoms with Gasteiger partial charge in [0.25, 0.3) is 0 Å². The molecule has 0 radical (unpaired) electrons. The van der Waals surface area contributed by atoms with Crippen LogP contribution in [0.5, 0.6) is 0 Å². The predicted molar refractivity (Wildman–Crippen MR) is 60.7 cm³/mol. The zero-order chi connectivity index (χ0) is 10.4. The molecule has 0 spiro atoms. The third-order valence-corrected chi connectivity index (χ3v) is 2.49. The molecule has 0 heterocycles. The molecule has 78 valence electrons. The van der Waals surface area contributed by atoms with Crippen molar-refractivity contribution < 1.29 is 5.11 Å². The molecule has 0 bridgehead atoms. The standard InChI is InChI=1S/C12H17ClO/c1-2-3-7-12(14)9-10-5-4-6-11(13)8-10/h4-6,8,12,14H,2-3,7,9H2,1H3. The molecular weight excluding hydrogens is 196 g/mol. The summed E-state index contributed by atoms with van der Waals surface area (Å²) in [5.74, 6) is 0. The molecule has 1 unspecified atom stereocenters. The molecule has 0 aromatic heterocycles. The summed E-state index contributed by atoms with van der Waals surface area (Å²) < 4.78 is 0. The third kappa shape index (κ3) is 4.12. The Balaban J connectivity index is 2.43. The van der Waals surface area contributed by atoms with Gasteiger partial charge in [0, 0.05) is 5.02 Å². The Labute approximate surface area is 90.7 Å². The van der Waals surface area contributed by atoms with Crippen molar-refractivity contribution in [2.75, 3.05) is 0 Å². The maximum atomic E-state index is 9.68. The summed E-state index contributed by atoms with van der Waals surface area (Å²) in [7, 11) is 0. The molecule has 1 N–H and O–H groups in total. The minimum atomic E-state index is -0.228. The van der Waals surface area contributed by atoms with Gasteiger partial charge in [-0.1, -0.05) is 43.5 Å². The summed E-state index contributed by atoms with van der Waals surface area (Å²) >= 11 is 5.85. The largest absolute Gasteiger partial charge is 0.393 e. The zero-order valence-corrected chi connectivity index (χ0v) is 9.30. The molecule has 1 aromatic carbocycles. The van der Waals surface area contributed by atoms with E-state index in [9.17, 15) is 5.11 Å². The van der Waals surface area contributed by atoms with Gasteiger partial charge in [-0.3, -0.25) is 0 Å². The monoisotopic (exact) mass is 212 g/mol.